The first-order chi connectivity index (χ1) is 10.1. The molecule has 1 saturated heterocycles. The molecule has 1 fully saturated rings. The molecular weight excluding hydrogens is 270 g/mol. The van der Waals surface area contributed by atoms with Crippen LogP contribution in [-0.4, -0.2) is 48.3 Å². The monoisotopic (exact) mass is 289 g/mol. The first-order valence-corrected chi connectivity index (χ1v) is 7.00. The molecule has 1 aromatic rings. The minimum Gasteiger partial charge on any atom is -0.353 e. The van der Waals surface area contributed by atoms with Crippen LogP contribution >= 0.6 is 0 Å². The molecular formula is C15H19N3O3. The number of nitrogens with zero attached hydrogens (tertiary/aromatic N) is 1. The number of nitrogens with one attached hydrogen (secondary N) is 2. The molecule has 1 aromatic carbocycles. The van der Waals surface area contributed by atoms with Crippen molar-refractivity contribution >= 4 is 17.7 Å². The van der Waals surface area contributed by atoms with Crippen LogP contribution in [0.3, 0.4) is 0 Å². The third-order valence-corrected chi connectivity index (χ3v) is 3.48. The van der Waals surface area contributed by atoms with Crippen LogP contribution in [-0.2, 0) is 9.59 Å². The highest BCUT2D eigenvalue weighted by Crippen LogP contribution is 2.06. The normalized spacial score (nSPS) is 18.0. The van der Waals surface area contributed by atoms with Crippen LogP contribution in [0.4, 0.5) is 0 Å². The van der Waals surface area contributed by atoms with Crippen molar-refractivity contribution in [1.29, 1.82) is 0 Å². The average Bonchev–Trinajstić information content (AvgIpc) is 2.50. The molecule has 1 atom stereocenters. The van der Waals surface area contributed by atoms with Crippen molar-refractivity contribution in [1.82, 2.24) is 15.5 Å². The van der Waals surface area contributed by atoms with Crippen LogP contribution in [0.2, 0.25) is 0 Å². The molecule has 0 spiro atoms. The molecule has 0 bridgehead atoms. The van der Waals surface area contributed by atoms with Crippen molar-refractivity contribution in [3.8, 4) is 0 Å². The van der Waals surface area contributed by atoms with Gasteiger partial charge in [0.25, 0.3) is 5.91 Å². The lowest BCUT2D eigenvalue weighted by molar-refractivity contribution is -0.142. The van der Waals surface area contributed by atoms with Crippen molar-refractivity contribution in [3.63, 3.8) is 0 Å². The smallest absolute Gasteiger partial charge is 0.251 e. The molecule has 1 unspecified atom stereocenters. The van der Waals surface area contributed by atoms with Crippen molar-refractivity contribution in [2.75, 3.05) is 19.6 Å². The molecule has 6 nitrogen and oxygen atoms in total. The molecule has 21 heavy (non-hydrogen) atoms. The van der Waals surface area contributed by atoms with Crippen LogP contribution in [0.25, 0.3) is 0 Å². The van der Waals surface area contributed by atoms with Gasteiger partial charge in [0, 0.05) is 31.6 Å². The molecule has 0 aromatic heterocycles. The summed E-state index contributed by atoms with van der Waals surface area (Å²) in [5, 5.41) is 5.42. The third-order valence-electron chi connectivity index (χ3n) is 3.48. The highest BCUT2D eigenvalue weighted by Gasteiger charge is 2.28. The molecule has 1 aliphatic heterocycles. The molecule has 0 radical (unpaired) electrons. The second-order valence-electron chi connectivity index (χ2n) is 4.93. The number of benzene rings is 1. The molecule has 6 heteroatoms. The summed E-state index contributed by atoms with van der Waals surface area (Å²) in [6.45, 7) is 2.95. The van der Waals surface area contributed by atoms with Crippen molar-refractivity contribution < 1.29 is 14.4 Å². The molecule has 0 aliphatic carbocycles. The zero-order valence-electron chi connectivity index (χ0n) is 12.0. The predicted molar refractivity (Wildman–Crippen MR) is 77.6 cm³/mol. The van der Waals surface area contributed by atoms with Gasteiger partial charge in [0.05, 0.1) is 0 Å². The standard InChI is InChI=1S/C15H19N3O3/c1-11-14(20)17-9-10-18(11)13(19)7-8-16-15(21)12-5-3-2-4-6-12/h2-6,11H,7-10H2,1H3,(H,16,21)(H,17,20). The Kier molecular flexibility index (Phi) is 4.92. The molecule has 1 aliphatic rings. The SMILES string of the molecule is CC1C(=O)NCCN1C(=O)CCNC(=O)c1ccccc1. The van der Waals surface area contributed by atoms with Crippen LogP contribution in [0.15, 0.2) is 30.3 Å². The van der Waals surface area contributed by atoms with Gasteiger partial charge >= 0.3 is 0 Å². The van der Waals surface area contributed by atoms with Gasteiger partial charge in [-0.25, -0.2) is 0 Å². The Morgan fingerprint density at radius 1 is 1.33 bits per heavy atom. The van der Waals surface area contributed by atoms with Crippen LogP contribution in [0.5, 0.6) is 0 Å². The van der Waals surface area contributed by atoms with Gasteiger partial charge in [0.2, 0.25) is 11.8 Å². The molecule has 3 amide bonds. The molecule has 1 heterocycles. The van der Waals surface area contributed by atoms with E-state index in [1.807, 2.05) is 6.07 Å². The van der Waals surface area contributed by atoms with E-state index in [4.69, 9.17) is 0 Å². The van der Waals surface area contributed by atoms with Crippen LogP contribution in [0, 0.1) is 0 Å². The maximum absolute atomic E-state index is 12.1. The summed E-state index contributed by atoms with van der Waals surface area (Å²) in [6.07, 6.45) is 0.191. The number of rotatable bonds is 4. The number of hydrogen-bond donors (Lipinski definition) is 2. The van der Waals surface area contributed by atoms with Gasteiger partial charge in [-0.2, -0.15) is 0 Å². The van der Waals surface area contributed by atoms with E-state index in [0.717, 1.165) is 0 Å². The average molecular weight is 289 g/mol. The summed E-state index contributed by atoms with van der Waals surface area (Å²) in [5.74, 6) is -0.457. The number of amides is 3. The van der Waals surface area contributed by atoms with Gasteiger partial charge in [-0.1, -0.05) is 18.2 Å². The van der Waals surface area contributed by atoms with Crippen molar-refractivity contribution in [2.24, 2.45) is 0 Å². The largest absolute Gasteiger partial charge is 0.353 e. The van der Waals surface area contributed by atoms with Gasteiger partial charge < -0.3 is 15.5 Å². The van der Waals surface area contributed by atoms with E-state index in [1.165, 1.54) is 0 Å². The first-order valence-electron chi connectivity index (χ1n) is 7.00. The second kappa shape index (κ2) is 6.88. The summed E-state index contributed by atoms with van der Waals surface area (Å²) >= 11 is 0. The number of carbonyl (C=O) groups is 3. The number of hydrogen-bond acceptors (Lipinski definition) is 3. The Morgan fingerprint density at radius 2 is 2.05 bits per heavy atom. The van der Waals surface area contributed by atoms with E-state index in [9.17, 15) is 14.4 Å². The van der Waals surface area contributed by atoms with Crippen LogP contribution < -0.4 is 10.6 Å². The lowest BCUT2D eigenvalue weighted by Crippen LogP contribution is -2.56. The minimum atomic E-state index is -0.448. The van der Waals surface area contributed by atoms with E-state index >= 15 is 0 Å². The lowest BCUT2D eigenvalue weighted by Gasteiger charge is -2.32. The Bertz CT molecular complexity index is 530. The summed E-state index contributed by atoms with van der Waals surface area (Å²) in [5.41, 5.74) is 0.565. The van der Waals surface area contributed by atoms with E-state index in [2.05, 4.69) is 10.6 Å². The van der Waals surface area contributed by atoms with Gasteiger partial charge in [0.1, 0.15) is 6.04 Å². The Hall–Kier alpha value is -2.37. The molecule has 0 saturated carbocycles. The Labute approximate surface area is 123 Å². The van der Waals surface area contributed by atoms with Gasteiger partial charge in [0.15, 0.2) is 0 Å². The highest BCUT2D eigenvalue weighted by atomic mass is 16.2. The molecule has 2 N–H and O–H groups in total. The van der Waals surface area contributed by atoms with E-state index in [0.29, 0.717) is 18.7 Å². The maximum atomic E-state index is 12.1. The topological polar surface area (TPSA) is 78.5 Å². The minimum absolute atomic E-state index is 0.120. The zero-order chi connectivity index (χ0) is 15.2. The van der Waals surface area contributed by atoms with Crippen LogP contribution in [0.1, 0.15) is 23.7 Å². The first kappa shape index (κ1) is 15.0. The number of carbonyl (C=O) groups excluding carboxylic acids is 3. The molecule has 2 rings (SSSR count). The van der Waals surface area contributed by atoms with Crippen molar-refractivity contribution in [2.45, 2.75) is 19.4 Å². The second-order valence-corrected chi connectivity index (χ2v) is 4.93. The highest BCUT2D eigenvalue weighted by molar-refractivity contribution is 5.94. The quantitative estimate of drug-likeness (QED) is 0.828. The van der Waals surface area contributed by atoms with E-state index in [-0.39, 0.29) is 30.7 Å². The summed E-state index contributed by atoms with van der Waals surface area (Å²) in [7, 11) is 0. The lowest BCUT2D eigenvalue weighted by atomic mass is 10.2. The summed E-state index contributed by atoms with van der Waals surface area (Å²) < 4.78 is 0. The Balaban J connectivity index is 1.79. The van der Waals surface area contributed by atoms with Gasteiger partial charge in [-0.3, -0.25) is 14.4 Å². The third kappa shape index (κ3) is 3.81. The van der Waals surface area contributed by atoms with Gasteiger partial charge in [-0.05, 0) is 19.1 Å². The zero-order valence-corrected chi connectivity index (χ0v) is 12.0. The Morgan fingerprint density at radius 3 is 2.76 bits per heavy atom. The molecule has 112 valence electrons. The fraction of sp³-hybridized carbons (Fsp3) is 0.400. The fourth-order valence-corrected chi connectivity index (χ4v) is 2.24. The maximum Gasteiger partial charge on any atom is 0.251 e. The summed E-state index contributed by atoms with van der Waals surface area (Å²) in [6, 6.07) is 8.39. The predicted octanol–water partition coefficient (Wildman–Crippen LogP) is 0.153. The van der Waals surface area contributed by atoms with Gasteiger partial charge in [-0.15, -0.1) is 0 Å². The fourth-order valence-electron chi connectivity index (χ4n) is 2.24. The number of piperazine rings is 1. The van der Waals surface area contributed by atoms with E-state index in [1.54, 1.807) is 36.1 Å². The van der Waals surface area contributed by atoms with Crippen molar-refractivity contribution in [3.05, 3.63) is 35.9 Å². The summed E-state index contributed by atoms with van der Waals surface area (Å²) in [4.78, 5) is 36.9. The van der Waals surface area contributed by atoms with E-state index < -0.39 is 6.04 Å².